The fourth-order valence-electron chi connectivity index (χ4n) is 2.85. The topological polar surface area (TPSA) is 61.8 Å². The lowest BCUT2D eigenvalue weighted by Gasteiger charge is -2.09. The number of aryl methyl sites for hydroxylation is 1. The van der Waals surface area contributed by atoms with Crippen molar-refractivity contribution in [2.75, 3.05) is 21.3 Å². The first-order valence-corrected chi connectivity index (χ1v) is 7.88. The molecule has 2 aliphatic carbocycles. The van der Waals surface area contributed by atoms with Crippen LogP contribution in [-0.4, -0.2) is 33.3 Å². The highest BCUT2D eigenvalue weighted by Gasteiger charge is 2.30. The average Bonchev–Trinajstić information content (AvgIpc) is 2.91. The summed E-state index contributed by atoms with van der Waals surface area (Å²) in [5.74, 6) is -0.540. The van der Waals surface area contributed by atoms with Crippen molar-refractivity contribution in [3.8, 4) is 16.9 Å². The summed E-state index contributed by atoms with van der Waals surface area (Å²) in [6, 6.07) is 7.30. The predicted molar refractivity (Wildman–Crippen MR) is 90.9 cm³/mol. The highest BCUT2D eigenvalue weighted by molar-refractivity contribution is 6.11. The van der Waals surface area contributed by atoms with Crippen molar-refractivity contribution in [1.29, 1.82) is 0 Å². The summed E-state index contributed by atoms with van der Waals surface area (Å²) in [5.41, 5.74) is 2.80. The molecule has 5 heteroatoms. The van der Waals surface area contributed by atoms with E-state index in [4.69, 9.17) is 14.2 Å². The minimum Gasteiger partial charge on any atom is -0.496 e. The Morgan fingerprint density at radius 3 is 2.33 bits per heavy atom. The Balaban J connectivity index is 2.83. The second-order valence-electron chi connectivity index (χ2n) is 5.43. The monoisotopic (exact) mass is 330 g/mol. The van der Waals surface area contributed by atoms with Gasteiger partial charge in [-0.15, -0.1) is 0 Å². The molecule has 24 heavy (non-hydrogen) atoms. The van der Waals surface area contributed by atoms with E-state index in [1.807, 2.05) is 18.2 Å². The highest BCUT2D eigenvalue weighted by atomic mass is 16.5. The van der Waals surface area contributed by atoms with Crippen molar-refractivity contribution < 1.29 is 23.8 Å². The summed E-state index contributed by atoms with van der Waals surface area (Å²) < 4.78 is 15.2. The molecule has 0 fully saturated rings. The molecule has 0 amide bonds. The number of ether oxygens (including phenoxy) is 3. The van der Waals surface area contributed by atoms with Gasteiger partial charge in [0.15, 0.2) is 0 Å². The third-order valence-corrected chi connectivity index (χ3v) is 4.02. The standard InChI is InChI=1S/C19H22O5/c1-5-6-8-12-9-7-10-15(22-2)13-11-14(18(20)23-3)17(16(12)13)19(21)24-4/h7,9-11H,5-6,8H2,1-4H3. The van der Waals surface area contributed by atoms with Gasteiger partial charge >= 0.3 is 11.9 Å². The van der Waals surface area contributed by atoms with Crippen LogP contribution in [0.25, 0.3) is 11.1 Å². The maximum atomic E-state index is 12.4. The Morgan fingerprint density at radius 2 is 1.75 bits per heavy atom. The van der Waals surface area contributed by atoms with Crippen LogP contribution in [0.1, 0.15) is 46.0 Å². The van der Waals surface area contributed by atoms with Crippen molar-refractivity contribution in [3.63, 3.8) is 0 Å². The fraction of sp³-hybridized carbons (Fsp3) is 0.368. The average molecular weight is 330 g/mol. The molecule has 0 heterocycles. The summed E-state index contributed by atoms with van der Waals surface area (Å²) in [7, 11) is 4.15. The quantitative estimate of drug-likeness (QED) is 0.756. The van der Waals surface area contributed by atoms with E-state index in [-0.39, 0.29) is 11.1 Å². The van der Waals surface area contributed by atoms with Gasteiger partial charge in [0.2, 0.25) is 0 Å². The Bertz CT molecular complexity index is 720. The summed E-state index contributed by atoms with van der Waals surface area (Å²) in [5, 5.41) is 0. The molecular weight excluding hydrogens is 308 g/mol. The van der Waals surface area contributed by atoms with Crippen LogP contribution in [0, 0.1) is 0 Å². The zero-order valence-electron chi connectivity index (χ0n) is 14.5. The van der Waals surface area contributed by atoms with E-state index >= 15 is 0 Å². The van der Waals surface area contributed by atoms with Gasteiger partial charge in [-0.2, -0.15) is 0 Å². The Labute approximate surface area is 141 Å². The third-order valence-electron chi connectivity index (χ3n) is 4.02. The molecule has 0 aromatic carbocycles. The number of hydrogen-bond acceptors (Lipinski definition) is 5. The maximum Gasteiger partial charge on any atom is 0.339 e. The lowest BCUT2D eigenvalue weighted by atomic mass is 9.98. The van der Waals surface area contributed by atoms with Gasteiger partial charge in [-0.3, -0.25) is 0 Å². The number of fused-ring (bicyclic) bond motifs is 1. The number of unbranched alkanes of at least 4 members (excludes halogenated alkanes) is 1. The Morgan fingerprint density at radius 1 is 1.04 bits per heavy atom. The van der Waals surface area contributed by atoms with Crippen molar-refractivity contribution in [2.24, 2.45) is 0 Å². The van der Waals surface area contributed by atoms with Gasteiger partial charge in [-0.1, -0.05) is 25.5 Å². The zero-order chi connectivity index (χ0) is 17.7. The van der Waals surface area contributed by atoms with Gasteiger partial charge in [-0.25, -0.2) is 9.59 Å². The molecular formula is C19H22O5. The molecule has 2 rings (SSSR count). The number of hydrogen-bond donors (Lipinski definition) is 0. The number of rotatable bonds is 6. The second kappa shape index (κ2) is 7.81. The van der Waals surface area contributed by atoms with Crippen LogP contribution in [0.2, 0.25) is 0 Å². The van der Waals surface area contributed by atoms with Crippen LogP contribution in [0.3, 0.4) is 0 Å². The van der Waals surface area contributed by atoms with Crippen LogP contribution < -0.4 is 4.74 Å². The molecule has 2 aliphatic rings. The van der Waals surface area contributed by atoms with Crippen molar-refractivity contribution >= 4 is 11.9 Å². The van der Waals surface area contributed by atoms with Crippen molar-refractivity contribution in [3.05, 3.63) is 41.0 Å². The van der Waals surface area contributed by atoms with Gasteiger partial charge in [0.05, 0.1) is 32.5 Å². The maximum absolute atomic E-state index is 12.4. The second-order valence-corrected chi connectivity index (χ2v) is 5.43. The molecule has 0 aliphatic heterocycles. The molecule has 0 unspecified atom stereocenters. The van der Waals surface area contributed by atoms with E-state index in [1.54, 1.807) is 13.2 Å². The summed E-state index contributed by atoms with van der Waals surface area (Å²) in [6.07, 6.45) is 2.79. The van der Waals surface area contributed by atoms with E-state index in [0.717, 1.165) is 24.8 Å². The zero-order valence-corrected chi connectivity index (χ0v) is 14.5. The van der Waals surface area contributed by atoms with E-state index < -0.39 is 11.9 Å². The van der Waals surface area contributed by atoms with Gasteiger partial charge in [0.1, 0.15) is 5.75 Å². The first-order chi connectivity index (χ1) is 11.6. The molecule has 0 bridgehead atoms. The van der Waals surface area contributed by atoms with E-state index in [0.29, 0.717) is 16.9 Å². The van der Waals surface area contributed by atoms with Gasteiger partial charge in [0.25, 0.3) is 0 Å². The molecule has 0 N–H and O–H groups in total. The molecule has 0 atom stereocenters. The molecule has 0 aromatic heterocycles. The Kier molecular flexibility index (Phi) is 5.79. The van der Waals surface area contributed by atoms with Gasteiger partial charge in [-0.05, 0) is 30.5 Å². The molecule has 0 radical (unpaired) electrons. The molecule has 5 nitrogen and oxygen atoms in total. The van der Waals surface area contributed by atoms with Gasteiger partial charge < -0.3 is 14.2 Å². The van der Waals surface area contributed by atoms with E-state index in [9.17, 15) is 9.59 Å². The highest BCUT2D eigenvalue weighted by Crippen LogP contribution is 2.41. The summed E-state index contributed by atoms with van der Waals surface area (Å²) in [4.78, 5) is 24.5. The number of esters is 2. The SMILES string of the molecule is CCCCc1cccc(OC)c2cc(C(=O)OC)c(C(=O)OC)c1-2. The van der Waals surface area contributed by atoms with Gasteiger partial charge in [0, 0.05) is 11.1 Å². The van der Waals surface area contributed by atoms with Crippen molar-refractivity contribution in [2.45, 2.75) is 26.2 Å². The molecule has 0 spiro atoms. The first kappa shape index (κ1) is 17.8. The van der Waals surface area contributed by atoms with E-state index in [1.165, 1.54) is 14.2 Å². The normalized spacial score (nSPS) is 10.5. The lowest BCUT2D eigenvalue weighted by Crippen LogP contribution is -2.10. The Hall–Kier alpha value is -2.56. The molecule has 128 valence electrons. The molecule has 0 saturated heterocycles. The minimum atomic E-state index is -0.572. The van der Waals surface area contributed by atoms with Crippen molar-refractivity contribution in [1.82, 2.24) is 0 Å². The molecule has 0 aromatic rings. The third kappa shape index (κ3) is 3.20. The first-order valence-electron chi connectivity index (χ1n) is 7.88. The van der Waals surface area contributed by atoms with Crippen LogP contribution in [0.15, 0.2) is 24.3 Å². The summed E-state index contributed by atoms with van der Waals surface area (Å²) >= 11 is 0. The number of carbonyl (C=O) groups excluding carboxylic acids is 2. The van der Waals surface area contributed by atoms with Crippen LogP contribution in [0.5, 0.6) is 5.75 Å². The molecule has 0 saturated carbocycles. The van der Waals surface area contributed by atoms with Crippen LogP contribution in [0.4, 0.5) is 0 Å². The van der Waals surface area contributed by atoms with Crippen LogP contribution in [-0.2, 0) is 15.9 Å². The smallest absolute Gasteiger partial charge is 0.339 e. The van der Waals surface area contributed by atoms with E-state index in [2.05, 4.69) is 6.92 Å². The number of methoxy groups -OCH3 is 3. The predicted octanol–water partition coefficient (Wildman–Crippen LogP) is 3.72. The van der Waals surface area contributed by atoms with Crippen LogP contribution >= 0.6 is 0 Å². The lowest BCUT2D eigenvalue weighted by molar-refractivity contribution is 0.0557. The minimum absolute atomic E-state index is 0.196. The summed E-state index contributed by atoms with van der Waals surface area (Å²) in [6.45, 7) is 2.10. The fourth-order valence-corrected chi connectivity index (χ4v) is 2.85. The number of carbonyl (C=O) groups is 2. The largest absolute Gasteiger partial charge is 0.496 e.